The van der Waals surface area contributed by atoms with E-state index >= 15 is 0 Å². The molecule has 3 aromatic carbocycles. The highest BCUT2D eigenvalue weighted by atomic mass is 16.7. The highest BCUT2D eigenvalue weighted by Gasteiger charge is 2.47. The fourth-order valence-corrected chi connectivity index (χ4v) is 4.51. The number of aliphatic hydroxyl groups is 1. The van der Waals surface area contributed by atoms with Crippen LogP contribution in [0.15, 0.2) is 91.0 Å². The lowest BCUT2D eigenvalue weighted by Gasteiger charge is -2.44. The van der Waals surface area contributed by atoms with Crippen molar-refractivity contribution < 1.29 is 28.8 Å². The molecule has 0 aromatic heterocycles. The molecular formula is C32H40O6. The van der Waals surface area contributed by atoms with E-state index in [4.69, 9.17) is 23.7 Å². The van der Waals surface area contributed by atoms with Crippen LogP contribution in [0.2, 0.25) is 0 Å². The Morgan fingerprint density at radius 2 is 1.18 bits per heavy atom. The molecule has 0 spiro atoms. The fraction of sp³-hybridized carbons (Fsp3) is 0.438. The van der Waals surface area contributed by atoms with E-state index in [1.165, 1.54) is 0 Å². The van der Waals surface area contributed by atoms with E-state index in [0.29, 0.717) is 26.4 Å². The van der Waals surface area contributed by atoms with Gasteiger partial charge in [0.2, 0.25) is 0 Å². The first-order chi connectivity index (χ1) is 18.7. The van der Waals surface area contributed by atoms with Gasteiger partial charge in [-0.3, -0.25) is 0 Å². The quantitative estimate of drug-likeness (QED) is 0.261. The van der Waals surface area contributed by atoms with Gasteiger partial charge < -0.3 is 28.8 Å². The maximum absolute atomic E-state index is 11.4. The molecule has 1 heterocycles. The van der Waals surface area contributed by atoms with Crippen LogP contribution in [0.5, 0.6) is 0 Å². The molecule has 0 radical (unpaired) electrons. The van der Waals surface area contributed by atoms with E-state index in [-0.39, 0.29) is 6.61 Å². The summed E-state index contributed by atoms with van der Waals surface area (Å²) in [6, 6.07) is 29.9. The summed E-state index contributed by atoms with van der Waals surface area (Å²) in [4.78, 5) is 0. The molecular weight excluding hydrogens is 480 g/mol. The Kier molecular flexibility index (Phi) is 11.8. The van der Waals surface area contributed by atoms with Crippen LogP contribution in [0.25, 0.3) is 0 Å². The average Bonchev–Trinajstić information content (AvgIpc) is 2.96. The second-order valence-electron chi connectivity index (χ2n) is 9.63. The lowest BCUT2D eigenvalue weighted by atomic mass is 9.98. The van der Waals surface area contributed by atoms with Crippen LogP contribution in [0.3, 0.4) is 0 Å². The van der Waals surface area contributed by atoms with Gasteiger partial charge in [-0.25, -0.2) is 0 Å². The monoisotopic (exact) mass is 520 g/mol. The normalized spacial score (nSPS) is 23.4. The summed E-state index contributed by atoms with van der Waals surface area (Å²) in [5.41, 5.74) is 3.13. The van der Waals surface area contributed by atoms with Crippen LogP contribution in [0.4, 0.5) is 0 Å². The maximum Gasteiger partial charge on any atom is 0.186 e. The summed E-state index contributed by atoms with van der Waals surface area (Å²) < 4.78 is 31.1. The van der Waals surface area contributed by atoms with Gasteiger partial charge in [-0.05, 0) is 23.1 Å². The van der Waals surface area contributed by atoms with Crippen LogP contribution in [0.1, 0.15) is 42.9 Å². The number of benzene rings is 3. The summed E-state index contributed by atoms with van der Waals surface area (Å²) in [5.74, 6) is 0. The van der Waals surface area contributed by atoms with Gasteiger partial charge in [0.15, 0.2) is 6.29 Å². The van der Waals surface area contributed by atoms with Gasteiger partial charge in [0.25, 0.3) is 0 Å². The predicted molar refractivity (Wildman–Crippen MR) is 146 cm³/mol. The summed E-state index contributed by atoms with van der Waals surface area (Å²) >= 11 is 0. The summed E-state index contributed by atoms with van der Waals surface area (Å²) in [6.07, 6.45) is -0.477. The third kappa shape index (κ3) is 8.73. The molecule has 2 unspecified atom stereocenters. The molecule has 0 saturated carbocycles. The minimum absolute atomic E-state index is 0.279. The SMILES string of the molecule is CCCCCO[C@H]1OC(COCc2ccccc2)[C@@H](OCc2ccccc2)[C@H](OCc2ccccc2)C1O. The van der Waals surface area contributed by atoms with Crippen molar-refractivity contribution in [2.75, 3.05) is 13.2 Å². The molecule has 4 rings (SSSR count). The lowest BCUT2D eigenvalue weighted by Crippen LogP contribution is -2.61. The zero-order chi connectivity index (χ0) is 26.4. The average molecular weight is 521 g/mol. The molecule has 1 saturated heterocycles. The minimum Gasteiger partial charge on any atom is -0.385 e. The Hall–Kier alpha value is -2.58. The van der Waals surface area contributed by atoms with Crippen molar-refractivity contribution in [3.63, 3.8) is 0 Å². The van der Waals surface area contributed by atoms with Crippen LogP contribution < -0.4 is 0 Å². The van der Waals surface area contributed by atoms with Crippen LogP contribution >= 0.6 is 0 Å². The standard InChI is InChI=1S/C32H40O6/c1-2-3-13-20-35-32-29(33)31(37-23-27-18-11-6-12-19-27)30(36-22-26-16-9-5-10-17-26)28(38-32)24-34-21-25-14-7-4-8-15-25/h4-12,14-19,28-33H,2-3,13,20-24H2,1H3/t28?,29?,30-,31-,32+/m1/s1. The van der Waals surface area contributed by atoms with Crippen LogP contribution in [-0.2, 0) is 43.5 Å². The van der Waals surface area contributed by atoms with Crippen molar-refractivity contribution >= 4 is 0 Å². The van der Waals surface area contributed by atoms with E-state index in [9.17, 15) is 5.11 Å². The van der Waals surface area contributed by atoms with E-state index in [1.54, 1.807) is 0 Å². The van der Waals surface area contributed by atoms with E-state index in [1.807, 2.05) is 91.0 Å². The van der Waals surface area contributed by atoms with E-state index in [0.717, 1.165) is 36.0 Å². The summed E-state index contributed by atoms with van der Waals surface area (Å²) in [7, 11) is 0. The van der Waals surface area contributed by atoms with E-state index in [2.05, 4.69) is 6.92 Å². The van der Waals surface area contributed by atoms with Crippen LogP contribution in [-0.4, -0.2) is 49.0 Å². The van der Waals surface area contributed by atoms with Gasteiger partial charge in [-0.2, -0.15) is 0 Å². The van der Waals surface area contributed by atoms with Crippen molar-refractivity contribution in [3.8, 4) is 0 Å². The number of aliphatic hydroxyl groups excluding tert-OH is 1. The zero-order valence-electron chi connectivity index (χ0n) is 22.2. The van der Waals surface area contributed by atoms with Crippen molar-refractivity contribution in [1.29, 1.82) is 0 Å². The topological polar surface area (TPSA) is 66.4 Å². The number of ether oxygens (including phenoxy) is 5. The Morgan fingerprint density at radius 1 is 0.658 bits per heavy atom. The first-order valence-electron chi connectivity index (χ1n) is 13.6. The third-order valence-corrected chi connectivity index (χ3v) is 6.61. The zero-order valence-corrected chi connectivity index (χ0v) is 22.2. The number of rotatable bonds is 15. The molecule has 6 nitrogen and oxygen atoms in total. The van der Waals surface area contributed by atoms with Gasteiger partial charge in [0.05, 0.1) is 26.4 Å². The Morgan fingerprint density at radius 3 is 1.74 bits per heavy atom. The Bertz CT molecular complexity index is 1020. The first kappa shape index (κ1) is 28.4. The molecule has 3 aromatic rings. The van der Waals surface area contributed by atoms with E-state index < -0.39 is 30.7 Å². The predicted octanol–water partition coefficient (Wildman–Crippen LogP) is 5.67. The summed E-state index contributed by atoms with van der Waals surface area (Å²) in [5, 5.41) is 11.4. The van der Waals surface area contributed by atoms with Crippen LogP contribution in [0, 0.1) is 0 Å². The van der Waals surface area contributed by atoms with Gasteiger partial charge >= 0.3 is 0 Å². The Balaban J connectivity index is 1.50. The van der Waals surface area contributed by atoms with Gasteiger partial charge in [0.1, 0.15) is 24.4 Å². The van der Waals surface area contributed by atoms with Gasteiger partial charge in [-0.15, -0.1) is 0 Å². The highest BCUT2D eigenvalue weighted by Crippen LogP contribution is 2.29. The molecule has 6 heteroatoms. The second kappa shape index (κ2) is 15.7. The molecule has 0 bridgehead atoms. The molecule has 0 amide bonds. The molecule has 1 aliphatic heterocycles. The van der Waals surface area contributed by atoms with Crippen molar-refractivity contribution in [2.45, 2.75) is 76.7 Å². The maximum atomic E-state index is 11.4. The molecule has 38 heavy (non-hydrogen) atoms. The first-order valence-corrected chi connectivity index (χ1v) is 13.6. The second-order valence-corrected chi connectivity index (χ2v) is 9.63. The number of unbranched alkanes of at least 4 members (excludes halogenated alkanes) is 2. The molecule has 1 N–H and O–H groups in total. The lowest BCUT2D eigenvalue weighted by molar-refractivity contribution is -0.319. The van der Waals surface area contributed by atoms with Crippen molar-refractivity contribution in [3.05, 3.63) is 108 Å². The third-order valence-electron chi connectivity index (χ3n) is 6.61. The van der Waals surface area contributed by atoms with Crippen molar-refractivity contribution in [1.82, 2.24) is 0 Å². The molecule has 1 aliphatic rings. The smallest absolute Gasteiger partial charge is 0.186 e. The van der Waals surface area contributed by atoms with Gasteiger partial charge in [-0.1, -0.05) is 111 Å². The van der Waals surface area contributed by atoms with Gasteiger partial charge in [0, 0.05) is 6.61 Å². The molecule has 0 aliphatic carbocycles. The summed E-state index contributed by atoms with van der Waals surface area (Å²) in [6.45, 7) is 4.09. The highest BCUT2D eigenvalue weighted by molar-refractivity contribution is 5.15. The largest absolute Gasteiger partial charge is 0.385 e. The minimum atomic E-state index is -1.01. The molecule has 5 atom stereocenters. The molecule has 1 fully saturated rings. The fourth-order valence-electron chi connectivity index (χ4n) is 4.51. The van der Waals surface area contributed by atoms with Crippen molar-refractivity contribution in [2.24, 2.45) is 0 Å². The number of hydrogen-bond donors (Lipinski definition) is 1. The number of hydrogen-bond acceptors (Lipinski definition) is 6. The molecule has 204 valence electrons. The Labute approximate surface area is 226 Å².